The fraction of sp³-hybridized carbons (Fsp3) is 0.400. The number of benzene rings is 1. The van der Waals surface area contributed by atoms with E-state index in [9.17, 15) is 13.5 Å². The van der Waals surface area contributed by atoms with Crippen molar-refractivity contribution in [2.45, 2.75) is 17.4 Å². The van der Waals surface area contributed by atoms with Crippen molar-refractivity contribution >= 4 is 27.3 Å². The van der Waals surface area contributed by atoms with E-state index in [0.29, 0.717) is 18.0 Å². The molecule has 1 aliphatic heterocycles. The zero-order chi connectivity index (χ0) is 12.6. The molecule has 2 rings (SSSR count). The molecule has 1 aromatic rings. The van der Waals surface area contributed by atoms with Gasteiger partial charge in [0.05, 0.1) is 21.7 Å². The predicted molar refractivity (Wildman–Crippen MR) is 65.2 cm³/mol. The minimum absolute atomic E-state index is 0.105. The Hall–Kier alpha value is -0.820. The van der Waals surface area contributed by atoms with Crippen LogP contribution in [0.4, 0.5) is 5.69 Å². The molecular formula is C10H13ClN2O3S. The molecule has 1 aliphatic rings. The quantitative estimate of drug-likeness (QED) is 0.778. The minimum atomic E-state index is -3.58. The Kier molecular flexibility index (Phi) is 3.31. The van der Waals surface area contributed by atoms with Crippen LogP contribution in [0.25, 0.3) is 0 Å². The molecule has 5 nitrogen and oxygen atoms in total. The summed E-state index contributed by atoms with van der Waals surface area (Å²) in [4.78, 5) is 0.105. The number of β-amino-alcohol motifs (C(OH)–C–C–N with tert-alkyl or cyclic N) is 1. The maximum absolute atomic E-state index is 12.2. The molecule has 1 aromatic carbocycles. The largest absolute Gasteiger partial charge is 0.397 e. The molecule has 1 atom stereocenters. The highest BCUT2D eigenvalue weighted by Gasteiger charge is 2.31. The lowest BCUT2D eigenvalue weighted by Crippen LogP contribution is -2.29. The van der Waals surface area contributed by atoms with E-state index in [1.54, 1.807) is 0 Å². The Morgan fingerprint density at radius 2 is 2.18 bits per heavy atom. The normalized spacial score (nSPS) is 21.9. The van der Waals surface area contributed by atoms with Gasteiger partial charge in [0.2, 0.25) is 10.0 Å². The number of nitrogens with two attached hydrogens (primary N) is 1. The summed E-state index contributed by atoms with van der Waals surface area (Å²) in [5, 5.41) is 9.68. The second kappa shape index (κ2) is 4.45. The van der Waals surface area contributed by atoms with Crippen LogP contribution in [0.2, 0.25) is 5.02 Å². The monoisotopic (exact) mass is 276 g/mol. The molecule has 7 heteroatoms. The standard InChI is InChI=1S/C10H13ClN2O3S/c11-9-2-1-8(5-10(9)12)17(15,16)13-4-3-7(14)6-13/h1-2,5,7,14H,3-4,6,12H2/t7-/m1/s1. The molecule has 1 saturated heterocycles. The van der Waals surface area contributed by atoms with Gasteiger partial charge >= 0.3 is 0 Å². The number of hydrogen-bond acceptors (Lipinski definition) is 4. The summed E-state index contributed by atoms with van der Waals surface area (Å²) in [6.45, 7) is 0.455. The number of halogens is 1. The Morgan fingerprint density at radius 1 is 1.47 bits per heavy atom. The first kappa shape index (κ1) is 12.6. The molecule has 3 N–H and O–H groups in total. The third-order valence-corrected chi connectivity index (χ3v) is 4.94. The molecule has 0 aromatic heterocycles. The van der Waals surface area contributed by atoms with Crippen LogP contribution in [-0.2, 0) is 10.0 Å². The van der Waals surface area contributed by atoms with Crippen molar-refractivity contribution in [3.05, 3.63) is 23.2 Å². The van der Waals surface area contributed by atoms with Crippen molar-refractivity contribution in [2.75, 3.05) is 18.8 Å². The van der Waals surface area contributed by atoms with Gasteiger partial charge in [-0.05, 0) is 24.6 Å². The fourth-order valence-corrected chi connectivity index (χ4v) is 3.41. The van der Waals surface area contributed by atoms with Gasteiger partial charge in [0.1, 0.15) is 0 Å². The van der Waals surface area contributed by atoms with Crippen molar-refractivity contribution in [1.29, 1.82) is 0 Å². The first-order chi connectivity index (χ1) is 7.91. The van der Waals surface area contributed by atoms with Crippen LogP contribution in [0.3, 0.4) is 0 Å². The molecule has 94 valence electrons. The molecular weight excluding hydrogens is 264 g/mol. The van der Waals surface area contributed by atoms with Crippen molar-refractivity contribution in [3.63, 3.8) is 0 Å². The average Bonchev–Trinajstić information content (AvgIpc) is 2.69. The summed E-state index contributed by atoms with van der Waals surface area (Å²) < 4.78 is 25.6. The first-order valence-electron chi connectivity index (χ1n) is 5.14. The lowest BCUT2D eigenvalue weighted by molar-refractivity contribution is 0.189. The van der Waals surface area contributed by atoms with E-state index >= 15 is 0 Å². The van der Waals surface area contributed by atoms with E-state index in [-0.39, 0.29) is 17.1 Å². The highest BCUT2D eigenvalue weighted by molar-refractivity contribution is 7.89. The summed E-state index contributed by atoms with van der Waals surface area (Å²) >= 11 is 5.74. The molecule has 17 heavy (non-hydrogen) atoms. The molecule has 1 fully saturated rings. The molecule has 0 spiro atoms. The van der Waals surface area contributed by atoms with E-state index < -0.39 is 16.1 Å². The fourth-order valence-electron chi connectivity index (χ4n) is 1.76. The number of nitrogen functional groups attached to an aromatic ring is 1. The highest BCUT2D eigenvalue weighted by atomic mass is 35.5. The summed E-state index contributed by atoms with van der Waals surface area (Å²) in [5.41, 5.74) is 5.81. The second-order valence-electron chi connectivity index (χ2n) is 3.99. The third kappa shape index (κ3) is 2.40. The average molecular weight is 277 g/mol. The number of sulfonamides is 1. The number of anilines is 1. The number of rotatable bonds is 2. The number of aliphatic hydroxyl groups excluding tert-OH is 1. The summed E-state index contributed by atoms with van der Waals surface area (Å²) in [6, 6.07) is 4.21. The van der Waals surface area contributed by atoms with Gasteiger partial charge in [-0.25, -0.2) is 8.42 Å². The minimum Gasteiger partial charge on any atom is -0.397 e. The van der Waals surface area contributed by atoms with E-state index in [0.717, 1.165) is 0 Å². The number of nitrogens with zero attached hydrogens (tertiary/aromatic N) is 1. The first-order valence-corrected chi connectivity index (χ1v) is 6.96. The van der Waals surface area contributed by atoms with E-state index in [2.05, 4.69) is 0 Å². The van der Waals surface area contributed by atoms with Gasteiger partial charge < -0.3 is 10.8 Å². The Balaban J connectivity index is 2.35. The van der Waals surface area contributed by atoms with Crippen molar-refractivity contribution in [3.8, 4) is 0 Å². The maximum Gasteiger partial charge on any atom is 0.243 e. The predicted octanol–water partition coefficient (Wildman–Crippen LogP) is 0.677. The smallest absolute Gasteiger partial charge is 0.243 e. The van der Waals surface area contributed by atoms with Gasteiger partial charge in [-0.1, -0.05) is 11.6 Å². The summed E-state index contributed by atoms with van der Waals surface area (Å²) in [7, 11) is -3.58. The van der Waals surface area contributed by atoms with Gasteiger partial charge in [-0.2, -0.15) is 4.31 Å². The van der Waals surface area contributed by atoms with E-state index in [1.807, 2.05) is 0 Å². The molecule has 0 aliphatic carbocycles. The van der Waals surface area contributed by atoms with Crippen molar-refractivity contribution in [1.82, 2.24) is 4.31 Å². The van der Waals surface area contributed by atoms with Crippen LogP contribution >= 0.6 is 11.6 Å². The zero-order valence-corrected chi connectivity index (χ0v) is 10.6. The van der Waals surface area contributed by atoms with Gasteiger partial charge in [-0.15, -0.1) is 0 Å². The molecule has 0 unspecified atom stereocenters. The van der Waals surface area contributed by atoms with Crippen LogP contribution in [-0.4, -0.2) is 37.0 Å². The van der Waals surface area contributed by atoms with Crippen molar-refractivity contribution < 1.29 is 13.5 Å². The van der Waals surface area contributed by atoms with Crippen LogP contribution in [0.1, 0.15) is 6.42 Å². The molecule has 0 amide bonds. The topological polar surface area (TPSA) is 83.6 Å². The third-order valence-electron chi connectivity index (χ3n) is 2.73. The highest BCUT2D eigenvalue weighted by Crippen LogP contribution is 2.26. The van der Waals surface area contributed by atoms with Gasteiger partial charge in [0, 0.05) is 13.1 Å². The summed E-state index contributed by atoms with van der Waals surface area (Å²) in [5.74, 6) is 0. The second-order valence-corrected chi connectivity index (χ2v) is 6.33. The van der Waals surface area contributed by atoms with E-state index in [4.69, 9.17) is 17.3 Å². The Labute approximate surface area is 105 Å². The molecule has 1 heterocycles. The SMILES string of the molecule is Nc1cc(S(=O)(=O)N2CC[C@@H](O)C2)ccc1Cl. The van der Waals surface area contributed by atoms with Crippen LogP contribution in [0.15, 0.2) is 23.1 Å². The molecule has 0 radical (unpaired) electrons. The molecule has 0 saturated carbocycles. The lowest BCUT2D eigenvalue weighted by atomic mass is 10.3. The summed E-state index contributed by atoms with van der Waals surface area (Å²) in [6.07, 6.45) is -0.128. The van der Waals surface area contributed by atoms with Gasteiger partial charge in [0.15, 0.2) is 0 Å². The van der Waals surface area contributed by atoms with Crippen molar-refractivity contribution in [2.24, 2.45) is 0 Å². The maximum atomic E-state index is 12.2. The Bertz CT molecular complexity index is 532. The van der Waals surface area contributed by atoms with E-state index in [1.165, 1.54) is 22.5 Å². The zero-order valence-electron chi connectivity index (χ0n) is 9.01. The number of aliphatic hydroxyl groups is 1. The number of hydrogen-bond donors (Lipinski definition) is 2. The lowest BCUT2D eigenvalue weighted by Gasteiger charge is -2.16. The van der Waals surface area contributed by atoms with Crippen LogP contribution in [0, 0.1) is 0 Å². The van der Waals surface area contributed by atoms with Crippen LogP contribution < -0.4 is 5.73 Å². The molecule has 0 bridgehead atoms. The van der Waals surface area contributed by atoms with Crippen LogP contribution in [0.5, 0.6) is 0 Å². The van der Waals surface area contributed by atoms with Gasteiger partial charge in [-0.3, -0.25) is 0 Å². The Morgan fingerprint density at radius 3 is 2.71 bits per heavy atom. The van der Waals surface area contributed by atoms with Gasteiger partial charge in [0.25, 0.3) is 0 Å².